The number of piperidine rings is 1. The third kappa shape index (κ3) is 4.18. The molecule has 170 valence electrons. The molecule has 1 aliphatic rings. The number of nitrogens with zero attached hydrogens (tertiary/aromatic N) is 5. The highest BCUT2D eigenvalue weighted by atomic mass is 19.1. The molecule has 1 atom stereocenters. The number of pyridine rings is 1. The van der Waals surface area contributed by atoms with Crippen LogP contribution < -0.4 is 5.56 Å². The lowest BCUT2D eigenvalue weighted by atomic mass is 9.98. The number of halogens is 1. The van der Waals surface area contributed by atoms with Crippen molar-refractivity contribution in [1.82, 2.24) is 30.1 Å². The van der Waals surface area contributed by atoms with E-state index >= 15 is 0 Å². The summed E-state index contributed by atoms with van der Waals surface area (Å²) in [4.78, 5) is 18.8. The Kier molecular flexibility index (Phi) is 5.76. The fourth-order valence-corrected chi connectivity index (χ4v) is 4.75. The van der Waals surface area contributed by atoms with Gasteiger partial charge in [-0.05, 0) is 85.1 Å². The maximum absolute atomic E-state index is 13.4. The van der Waals surface area contributed by atoms with Crippen molar-refractivity contribution < 1.29 is 4.39 Å². The highest BCUT2D eigenvalue weighted by molar-refractivity contribution is 5.85. The Labute approximate surface area is 191 Å². The van der Waals surface area contributed by atoms with Crippen LogP contribution in [0.2, 0.25) is 0 Å². The number of H-pyrrole nitrogens is 1. The van der Waals surface area contributed by atoms with Gasteiger partial charge in [-0.2, -0.15) is 0 Å². The Hall–Kier alpha value is -3.39. The standard InChI is InChI=1S/C25H27FN6O/c1-16-6-7-17(2)22-20(16)14-21(25(33)27-22)23(31-12-4-3-5-13-31)24-28-29-30-32(24)15-18-8-10-19(26)11-9-18/h6-11,14,23H,3-5,12-13,15H2,1-2H3,(H,27,33)/t23-/m1/s1. The Morgan fingerprint density at radius 1 is 1.03 bits per heavy atom. The van der Waals surface area contributed by atoms with Crippen molar-refractivity contribution in [2.75, 3.05) is 13.1 Å². The second kappa shape index (κ2) is 8.86. The molecule has 0 aliphatic carbocycles. The van der Waals surface area contributed by atoms with Crippen LogP contribution in [0.25, 0.3) is 10.9 Å². The summed E-state index contributed by atoms with van der Waals surface area (Å²) in [5.41, 5.74) is 4.43. The van der Waals surface area contributed by atoms with Crippen LogP contribution in [0.4, 0.5) is 4.39 Å². The topological polar surface area (TPSA) is 79.7 Å². The van der Waals surface area contributed by atoms with Crippen LogP contribution in [-0.4, -0.2) is 43.2 Å². The lowest BCUT2D eigenvalue weighted by Crippen LogP contribution is -2.38. The van der Waals surface area contributed by atoms with Gasteiger partial charge in [-0.25, -0.2) is 9.07 Å². The molecule has 0 unspecified atom stereocenters. The zero-order valence-electron chi connectivity index (χ0n) is 18.9. The van der Waals surface area contributed by atoms with Gasteiger partial charge in [-0.3, -0.25) is 9.69 Å². The zero-order chi connectivity index (χ0) is 22.9. The number of aromatic nitrogens is 5. The van der Waals surface area contributed by atoms with Crippen LogP contribution in [0.3, 0.4) is 0 Å². The highest BCUT2D eigenvalue weighted by Crippen LogP contribution is 2.30. The summed E-state index contributed by atoms with van der Waals surface area (Å²) < 4.78 is 15.1. The Morgan fingerprint density at radius 3 is 2.52 bits per heavy atom. The van der Waals surface area contributed by atoms with Gasteiger partial charge in [0.2, 0.25) is 0 Å². The minimum atomic E-state index is -0.367. The molecule has 1 fully saturated rings. The summed E-state index contributed by atoms with van der Waals surface area (Å²) in [6.07, 6.45) is 3.31. The van der Waals surface area contributed by atoms with Gasteiger partial charge in [0.25, 0.3) is 5.56 Å². The normalized spacial score (nSPS) is 15.7. The summed E-state index contributed by atoms with van der Waals surface area (Å²) in [5.74, 6) is 0.339. The monoisotopic (exact) mass is 446 g/mol. The van der Waals surface area contributed by atoms with Gasteiger partial charge in [-0.1, -0.05) is 30.7 Å². The van der Waals surface area contributed by atoms with Crippen molar-refractivity contribution in [3.63, 3.8) is 0 Å². The van der Waals surface area contributed by atoms with Crippen LogP contribution in [-0.2, 0) is 6.54 Å². The highest BCUT2D eigenvalue weighted by Gasteiger charge is 2.31. The lowest BCUT2D eigenvalue weighted by Gasteiger charge is -2.33. The van der Waals surface area contributed by atoms with E-state index in [0.29, 0.717) is 17.9 Å². The summed E-state index contributed by atoms with van der Waals surface area (Å²) in [6, 6.07) is 12.1. The second-order valence-corrected chi connectivity index (χ2v) is 8.86. The SMILES string of the molecule is Cc1ccc(C)c2[nH]c(=O)c([C@H](c3nnnn3Cc3ccc(F)cc3)N3CCCCC3)cc12. The Bertz CT molecular complexity index is 1340. The summed E-state index contributed by atoms with van der Waals surface area (Å²) in [7, 11) is 0. The van der Waals surface area contributed by atoms with Crippen molar-refractivity contribution >= 4 is 10.9 Å². The predicted octanol–water partition coefficient (Wildman–Crippen LogP) is 3.89. The van der Waals surface area contributed by atoms with Gasteiger partial charge in [0.1, 0.15) is 11.9 Å². The van der Waals surface area contributed by atoms with Gasteiger partial charge in [0, 0.05) is 10.9 Å². The van der Waals surface area contributed by atoms with Crippen LogP contribution in [0.5, 0.6) is 0 Å². The molecule has 2 aromatic carbocycles. The average molecular weight is 447 g/mol. The van der Waals surface area contributed by atoms with Crippen molar-refractivity contribution in [3.05, 3.63) is 86.7 Å². The quantitative estimate of drug-likeness (QED) is 0.503. The third-order valence-electron chi connectivity index (χ3n) is 6.57. The van der Waals surface area contributed by atoms with Gasteiger partial charge >= 0.3 is 0 Å². The summed E-state index contributed by atoms with van der Waals surface area (Å²) in [5, 5.41) is 13.6. The third-order valence-corrected chi connectivity index (χ3v) is 6.57. The molecule has 1 N–H and O–H groups in total. The van der Waals surface area contributed by atoms with Crippen LogP contribution in [0.15, 0.2) is 47.3 Å². The molecule has 33 heavy (non-hydrogen) atoms. The second-order valence-electron chi connectivity index (χ2n) is 8.86. The van der Waals surface area contributed by atoms with Crippen molar-refractivity contribution in [3.8, 4) is 0 Å². The number of fused-ring (bicyclic) bond motifs is 1. The predicted molar refractivity (Wildman–Crippen MR) is 125 cm³/mol. The molecule has 0 spiro atoms. The van der Waals surface area contributed by atoms with E-state index in [4.69, 9.17) is 0 Å². The van der Waals surface area contributed by atoms with E-state index in [2.05, 4.69) is 38.4 Å². The van der Waals surface area contributed by atoms with E-state index in [1.54, 1.807) is 16.8 Å². The average Bonchev–Trinajstić information content (AvgIpc) is 3.27. The largest absolute Gasteiger partial charge is 0.321 e. The number of aromatic amines is 1. The molecule has 4 aromatic rings. The maximum Gasteiger partial charge on any atom is 0.253 e. The number of hydrogen-bond donors (Lipinski definition) is 1. The van der Waals surface area contributed by atoms with Gasteiger partial charge in [0.15, 0.2) is 5.82 Å². The first-order valence-corrected chi connectivity index (χ1v) is 11.4. The first kappa shape index (κ1) is 21.5. The summed E-state index contributed by atoms with van der Waals surface area (Å²) >= 11 is 0. The maximum atomic E-state index is 13.4. The first-order valence-electron chi connectivity index (χ1n) is 11.4. The Balaban J connectivity index is 1.64. The number of aryl methyl sites for hydroxylation is 2. The van der Waals surface area contributed by atoms with E-state index in [9.17, 15) is 9.18 Å². The number of benzene rings is 2. The fraction of sp³-hybridized carbons (Fsp3) is 0.360. The van der Waals surface area contributed by atoms with Gasteiger partial charge < -0.3 is 4.98 Å². The number of rotatable bonds is 5. The van der Waals surface area contributed by atoms with Crippen LogP contribution in [0, 0.1) is 19.7 Å². The number of nitrogens with one attached hydrogen (secondary N) is 1. The lowest BCUT2D eigenvalue weighted by molar-refractivity contribution is 0.177. The molecule has 5 rings (SSSR count). The Morgan fingerprint density at radius 2 is 1.76 bits per heavy atom. The molecule has 1 aliphatic heterocycles. The van der Waals surface area contributed by atoms with Crippen molar-refractivity contribution in [2.45, 2.75) is 45.7 Å². The van der Waals surface area contributed by atoms with Crippen LogP contribution >= 0.6 is 0 Å². The minimum absolute atomic E-state index is 0.122. The first-order chi connectivity index (χ1) is 16.0. The van der Waals surface area contributed by atoms with E-state index in [1.807, 2.05) is 19.1 Å². The van der Waals surface area contributed by atoms with E-state index in [1.165, 1.54) is 18.6 Å². The van der Waals surface area contributed by atoms with Crippen molar-refractivity contribution in [1.29, 1.82) is 0 Å². The number of tetrazole rings is 1. The molecular formula is C25H27FN6O. The molecule has 1 saturated heterocycles. The smallest absolute Gasteiger partial charge is 0.253 e. The molecule has 0 saturated carbocycles. The van der Waals surface area contributed by atoms with Crippen molar-refractivity contribution in [2.24, 2.45) is 0 Å². The minimum Gasteiger partial charge on any atom is -0.321 e. The fourth-order valence-electron chi connectivity index (χ4n) is 4.75. The summed E-state index contributed by atoms with van der Waals surface area (Å²) in [6.45, 7) is 6.20. The number of hydrogen-bond acceptors (Lipinski definition) is 5. The van der Waals surface area contributed by atoms with Crippen LogP contribution in [0.1, 0.15) is 53.4 Å². The van der Waals surface area contributed by atoms with Gasteiger partial charge in [0.05, 0.1) is 12.1 Å². The molecule has 0 radical (unpaired) electrons. The molecule has 8 heteroatoms. The molecular weight excluding hydrogens is 419 g/mol. The molecule has 0 bridgehead atoms. The molecule has 0 amide bonds. The molecule has 2 aromatic heterocycles. The van der Waals surface area contributed by atoms with Gasteiger partial charge in [-0.15, -0.1) is 5.10 Å². The number of likely N-dealkylation sites (tertiary alicyclic amines) is 1. The van der Waals surface area contributed by atoms with E-state index in [0.717, 1.165) is 53.5 Å². The van der Waals surface area contributed by atoms with E-state index < -0.39 is 0 Å². The van der Waals surface area contributed by atoms with E-state index in [-0.39, 0.29) is 17.4 Å². The molecule has 7 nitrogen and oxygen atoms in total. The zero-order valence-corrected chi connectivity index (χ0v) is 18.9. The molecule has 3 heterocycles.